The second-order valence-corrected chi connectivity index (χ2v) is 12.0. The van der Waals surface area contributed by atoms with Gasteiger partial charge in [0, 0.05) is 33.0 Å². The molecule has 0 spiro atoms. The molecule has 5 nitrogen and oxygen atoms in total. The fourth-order valence-electron chi connectivity index (χ4n) is 4.23. The Bertz CT molecular complexity index is 1690. The molecule has 0 aliphatic carbocycles. The summed E-state index contributed by atoms with van der Waals surface area (Å²) in [6.45, 7) is 0. The fraction of sp³-hybridized carbons (Fsp3) is 0. The molecule has 208 valence electrons. The summed E-state index contributed by atoms with van der Waals surface area (Å²) in [6.07, 6.45) is 0. The minimum absolute atomic E-state index is 0.950. The van der Waals surface area contributed by atoms with E-state index in [1.807, 2.05) is 0 Å². The Hall–Kier alpha value is -4.05. The molecule has 42 heavy (non-hydrogen) atoms. The van der Waals surface area contributed by atoms with Gasteiger partial charge in [0.2, 0.25) is 21.1 Å². The first-order chi connectivity index (χ1) is 20.3. The number of hydrogen-bond donors (Lipinski definition) is 0. The van der Waals surface area contributed by atoms with E-state index in [-0.39, 0.29) is 0 Å². The molecule has 6 aromatic rings. The summed E-state index contributed by atoms with van der Waals surface area (Å²) in [5.41, 5.74) is 5.75. The van der Waals surface area contributed by atoms with Crippen molar-refractivity contribution in [2.75, 3.05) is 0 Å². The summed E-state index contributed by atoms with van der Waals surface area (Å²) in [4.78, 5) is 10.00. The van der Waals surface area contributed by atoms with Gasteiger partial charge in [0.05, 0.1) is 11.0 Å². The first-order valence-electron chi connectivity index (χ1n) is 12.8. The highest BCUT2D eigenvalue weighted by Crippen LogP contribution is 2.37. The maximum atomic E-state index is 8.49. The van der Waals surface area contributed by atoms with Crippen LogP contribution in [-0.4, -0.2) is 0 Å². The minimum atomic E-state index is -4.94. The molecule has 0 aliphatic heterocycles. The Morgan fingerprint density at radius 2 is 0.810 bits per heavy atom. The van der Waals surface area contributed by atoms with E-state index in [1.165, 1.54) is 41.8 Å². The number of benzene rings is 4. The molecule has 0 saturated heterocycles. The zero-order valence-electron chi connectivity index (χ0n) is 22.1. The topological polar surface area (TPSA) is 105 Å². The molecule has 0 aliphatic rings. The molecule has 0 saturated carbocycles. The van der Waals surface area contributed by atoms with Gasteiger partial charge in [-0.3, -0.25) is 0 Å². The quantitative estimate of drug-likeness (QED) is 0.249. The number of nitrogens with zero attached hydrogens (tertiary/aromatic N) is 1. The zero-order valence-corrected chi connectivity index (χ0v) is 24.5. The molecule has 6 rings (SSSR count). The molecule has 0 atom stereocenters. The zero-order chi connectivity index (χ0) is 29.4. The largest absolute Gasteiger partial charge is 0.249 e. The Labute approximate surface area is 254 Å². The molecule has 0 unspecified atom stereocenters. The van der Waals surface area contributed by atoms with Crippen LogP contribution in [0, 0.1) is 10.2 Å². The van der Waals surface area contributed by atoms with Crippen LogP contribution < -0.4 is 24.0 Å². The molecule has 0 fully saturated rings. The Morgan fingerprint density at radius 1 is 0.476 bits per heavy atom. The van der Waals surface area contributed by atoms with Gasteiger partial charge in [-0.15, -0.1) is 21.6 Å². The summed E-state index contributed by atoms with van der Waals surface area (Å²) in [6, 6.07) is 51.0. The number of halogens is 1. The molecule has 0 bridgehead atoms. The van der Waals surface area contributed by atoms with Crippen LogP contribution in [0.3, 0.4) is 0 Å². The van der Waals surface area contributed by atoms with E-state index in [9.17, 15) is 0 Å². The van der Waals surface area contributed by atoms with E-state index < -0.39 is 10.2 Å². The third kappa shape index (κ3) is 8.48. The Morgan fingerprint density at radius 3 is 1.17 bits per heavy atom. The van der Waals surface area contributed by atoms with Crippen molar-refractivity contribution in [3.8, 4) is 41.8 Å². The average Bonchev–Trinajstić information content (AvgIpc) is 3.02. The standard InChI is InChI=1S/C34H24NS2.ClHO4/c1-5-13-25(14-6-1)31-21-29(22-32(36-31)26-15-7-2-8-16-26)35-30-23-33(27-17-9-3-10-18-27)37-34(24-30)28-19-11-4-12-20-28;2-1(3,4)5/h1-24H;(H,2,3,4,5)/q+1;/p-1. The van der Waals surface area contributed by atoms with Gasteiger partial charge in [-0.05, 0) is 47.5 Å². The fourth-order valence-corrected chi connectivity index (χ4v) is 6.44. The van der Waals surface area contributed by atoms with Crippen molar-refractivity contribution in [3.63, 3.8) is 0 Å². The smallest absolute Gasteiger partial charge is 0.240 e. The van der Waals surface area contributed by atoms with Crippen LogP contribution in [0.2, 0.25) is 0 Å². The summed E-state index contributed by atoms with van der Waals surface area (Å²) in [7, 11) is -4.94. The van der Waals surface area contributed by atoms with Gasteiger partial charge in [-0.25, -0.2) is 23.6 Å². The maximum absolute atomic E-state index is 8.49. The highest BCUT2D eigenvalue weighted by molar-refractivity contribution is 7.18. The third-order valence-corrected chi connectivity index (χ3v) is 8.34. The van der Waals surface area contributed by atoms with Crippen LogP contribution in [0.1, 0.15) is 0 Å². The van der Waals surface area contributed by atoms with Gasteiger partial charge < -0.3 is 0 Å². The molecular weight excluding hydrogens is 586 g/mol. The molecule has 0 radical (unpaired) electrons. The SMILES string of the molecule is [O-][Cl+3]([O-])([O-])[O-].c1ccc(-c2cc(=Nc3cc(-c4ccccc4)[s+]c(-c4ccccc4)c3)cc(-c3ccccc3)s2)cc1. The second kappa shape index (κ2) is 13.7. The number of hydrogen-bond acceptors (Lipinski definition) is 6. The number of rotatable bonds is 5. The summed E-state index contributed by atoms with van der Waals surface area (Å²) in [5.74, 6) is 0. The van der Waals surface area contributed by atoms with Crippen molar-refractivity contribution in [2.45, 2.75) is 0 Å². The highest BCUT2D eigenvalue weighted by atomic mass is 35.7. The van der Waals surface area contributed by atoms with Crippen molar-refractivity contribution in [3.05, 3.63) is 151 Å². The first-order valence-corrected chi connectivity index (χ1v) is 15.7. The molecule has 0 amide bonds. The van der Waals surface area contributed by atoms with Crippen molar-refractivity contribution in [1.82, 2.24) is 0 Å². The predicted molar refractivity (Wildman–Crippen MR) is 160 cm³/mol. The monoisotopic (exact) mass is 609 g/mol. The van der Waals surface area contributed by atoms with Crippen LogP contribution in [0.5, 0.6) is 0 Å². The van der Waals surface area contributed by atoms with Crippen LogP contribution in [0.25, 0.3) is 41.8 Å². The van der Waals surface area contributed by atoms with Gasteiger partial charge in [0.25, 0.3) is 0 Å². The van der Waals surface area contributed by atoms with Crippen molar-refractivity contribution in [2.24, 2.45) is 4.99 Å². The van der Waals surface area contributed by atoms with E-state index in [0.29, 0.717) is 0 Å². The molecular formula is C34H24ClNO4S2. The normalized spacial score (nSPS) is 10.9. The second-order valence-electron chi connectivity index (χ2n) is 9.04. The molecule has 2 heterocycles. The lowest BCUT2D eigenvalue weighted by atomic mass is 10.1. The van der Waals surface area contributed by atoms with Crippen molar-refractivity contribution < 1.29 is 28.9 Å². The van der Waals surface area contributed by atoms with E-state index >= 15 is 0 Å². The average molecular weight is 610 g/mol. The van der Waals surface area contributed by atoms with Crippen molar-refractivity contribution in [1.29, 1.82) is 0 Å². The third-order valence-electron chi connectivity index (χ3n) is 6.05. The predicted octanol–water partition coefficient (Wildman–Crippen LogP) is 5.24. The Balaban J connectivity index is 0.000000652. The van der Waals surface area contributed by atoms with Crippen LogP contribution >= 0.6 is 22.7 Å². The molecule has 8 heteroatoms. The van der Waals surface area contributed by atoms with E-state index in [2.05, 4.69) is 146 Å². The van der Waals surface area contributed by atoms with E-state index in [0.717, 1.165) is 11.0 Å². The Kier molecular flexibility index (Phi) is 9.63. The maximum Gasteiger partial charge on any atom is 0.240 e. The molecule has 2 aromatic heterocycles. The lowest BCUT2D eigenvalue weighted by Gasteiger charge is -2.17. The van der Waals surface area contributed by atoms with Crippen molar-refractivity contribution >= 4 is 28.4 Å². The van der Waals surface area contributed by atoms with E-state index in [1.54, 1.807) is 22.7 Å². The summed E-state index contributed by atoms with van der Waals surface area (Å²) < 4.78 is 34.0. The lowest BCUT2D eigenvalue weighted by molar-refractivity contribution is -2.00. The summed E-state index contributed by atoms with van der Waals surface area (Å²) >= 11 is 3.59. The van der Waals surface area contributed by atoms with Crippen LogP contribution in [0.4, 0.5) is 5.69 Å². The van der Waals surface area contributed by atoms with Gasteiger partial charge in [-0.1, -0.05) is 97.1 Å². The lowest BCUT2D eigenvalue weighted by Crippen LogP contribution is -2.68. The molecule has 0 N–H and O–H groups in total. The minimum Gasteiger partial charge on any atom is -0.249 e. The van der Waals surface area contributed by atoms with Gasteiger partial charge in [0.15, 0.2) is 0 Å². The summed E-state index contributed by atoms with van der Waals surface area (Å²) in [5, 5.41) is 0.950. The van der Waals surface area contributed by atoms with Gasteiger partial charge >= 0.3 is 0 Å². The highest BCUT2D eigenvalue weighted by Gasteiger charge is 2.18. The van der Waals surface area contributed by atoms with Crippen LogP contribution in [0.15, 0.2) is 151 Å². The first kappa shape index (κ1) is 29.4. The van der Waals surface area contributed by atoms with Gasteiger partial charge in [0.1, 0.15) is 0 Å². The van der Waals surface area contributed by atoms with Crippen LogP contribution in [-0.2, 0) is 0 Å². The van der Waals surface area contributed by atoms with E-state index in [4.69, 9.17) is 23.6 Å². The van der Waals surface area contributed by atoms with Gasteiger partial charge in [-0.2, -0.15) is 0 Å². The molecule has 4 aromatic carbocycles.